The van der Waals surface area contributed by atoms with E-state index in [0.29, 0.717) is 41.2 Å². The number of imidazole rings is 1. The van der Waals surface area contributed by atoms with Gasteiger partial charge >= 0.3 is 6.03 Å². The van der Waals surface area contributed by atoms with Crippen LogP contribution in [0.4, 0.5) is 49.6 Å². The van der Waals surface area contributed by atoms with Crippen LogP contribution in [0.2, 0.25) is 5.02 Å². The summed E-state index contributed by atoms with van der Waals surface area (Å²) in [7, 11) is 1.68. The minimum Gasteiger partial charge on any atom is -0.385 e. The molecule has 3 N–H and O–H groups in total. The van der Waals surface area contributed by atoms with Gasteiger partial charge in [-0.15, -0.1) is 5.10 Å². The highest BCUT2D eigenvalue weighted by atomic mass is 35.5. The van der Waals surface area contributed by atoms with Crippen LogP contribution in [-0.2, 0) is 17.8 Å². The maximum Gasteiger partial charge on any atom is 0.328 e. The molecular weight excluding hydrogens is 879 g/mol. The molecule has 8 heterocycles. The van der Waals surface area contributed by atoms with Crippen molar-refractivity contribution in [3.05, 3.63) is 87.8 Å². The maximum absolute atomic E-state index is 16.0. The van der Waals surface area contributed by atoms with E-state index in [1.807, 2.05) is 11.0 Å². The van der Waals surface area contributed by atoms with E-state index in [9.17, 15) is 28.0 Å². The van der Waals surface area contributed by atoms with Crippen molar-refractivity contribution in [2.75, 3.05) is 61.4 Å². The van der Waals surface area contributed by atoms with Gasteiger partial charge in [-0.2, -0.15) is 0 Å². The fraction of sp³-hybridized carbons (Fsp3) is 0.395. The molecule has 1 aromatic carbocycles. The number of imide groups is 1. The van der Waals surface area contributed by atoms with Crippen LogP contribution in [0.25, 0.3) is 16.9 Å². The van der Waals surface area contributed by atoms with Crippen molar-refractivity contribution in [2.24, 2.45) is 5.41 Å². The number of likely N-dealkylation sites (tertiary alicyclic amines) is 2. The lowest BCUT2D eigenvalue weighted by Gasteiger charge is -2.57. The minimum absolute atomic E-state index is 0.00830. The second kappa shape index (κ2) is 15.3. The van der Waals surface area contributed by atoms with E-state index in [-0.39, 0.29) is 79.1 Å². The van der Waals surface area contributed by atoms with Gasteiger partial charge in [-0.1, -0.05) is 23.7 Å². The number of urea groups is 1. The molecule has 3 saturated heterocycles. The third-order valence-corrected chi connectivity index (χ3v) is 13.5. The Kier molecular flexibility index (Phi) is 10.0. The Labute approximate surface area is 372 Å². The molecule has 1 saturated carbocycles. The highest BCUT2D eigenvalue weighted by molar-refractivity contribution is 6.34. The van der Waals surface area contributed by atoms with Gasteiger partial charge in [0.05, 0.1) is 46.3 Å². The number of anilines is 4. The van der Waals surface area contributed by atoms with Crippen LogP contribution in [0.15, 0.2) is 48.8 Å². The number of carbonyl (C=O) groups is 4. The number of aryl methyl sites for hydroxylation is 1. The Morgan fingerprint density at radius 1 is 0.969 bits per heavy atom. The number of alkyl halides is 4. The van der Waals surface area contributed by atoms with E-state index >= 15 is 13.2 Å². The first-order valence-corrected chi connectivity index (χ1v) is 21.3. The van der Waals surface area contributed by atoms with Gasteiger partial charge in [0, 0.05) is 82.7 Å². The molecule has 1 aliphatic carbocycles. The summed E-state index contributed by atoms with van der Waals surface area (Å²) in [5.41, 5.74) is 2.41. The lowest BCUT2D eigenvalue weighted by molar-refractivity contribution is -0.220. The van der Waals surface area contributed by atoms with Crippen LogP contribution >= 0.6 is 11.6 Å². The number of nitrogens with zero attached hydrogens (tertiary/aromatic N) is 9. The summed E-state index contributed by atoms with van der Waals surface area (Å²) in [5, 5.41) is 12.4. The van der Waals surface area contributed by atoms with Crippen molar-refractivity contribution in [3.63, 3.8) is 0 Å². The number of amides is 5. The van der Waals surface area contributed by atoms with Crippen molar-refractivity contribution in [1.82, 2.24) is 45.0 Å². The van der Waals surface area contributed by atoms with Crippen LogP contribution < -0.4 is 25.8 Å². The normalized spacial score (nSPS) is 20.7. The minimum atomic E-state index is -3.26. The molecule has 4 aromatic heterocycles. The van der Waals surface area contributed by atoms with Crippen LogP contribution in [0.3, 0.4) is 0 Å². The van der Waals surface area contributed by atoms with Crippen molar-refractivity contribution >= 4 is 63.9 Å². The molecule has 0 radical (unpaired) electrons. The molecule has 1 atom stereocenters. The van der Waals surface area contributed by atoms with Gasteiger partial charge in [0.1, 0.15) is 17.2 Å². The van der Waals surface area contributed by atoms with Crippen LogP contribution in [0.5, 0.6) is 0 Å². The number of fused-ring (bicyclic) bond motifs is 2. The molecule has 5 aliphatic rings. The molecule has 16 nitrogen and oxygen atoms in total. The molecule has 5 aromatic rings. The Hall–Kier alpha value is -6.48. The number of nitrogens with one attached hydrogen (secondary N) is 3. The Morgan fingerprint density at radius 2 is 1.74 bits per heavy atom. The number of aromatic nitrogens is 5. The molecule has 4 fully saturated rings. The third kappa shape index (κ3) is 7.24. The number of pyridine rings is 2. The topological polar surface area (TPSA) is 173 Å². The highest BCUT2D eigenvalue weighted by Crippen LogP contribution is 2.51. The second-order valence-corrected chi connectivity index (χ2v) is 17.6. The zero-order valence-electron chi connectivity index (χ0n) is 34.9. The highest BCUT2D eigenvalue weighted by Gasteiger charge is 2.63. The summed E-state index contributed by atoms with van der Waals surface area (Å²) in [6.07, 6.45) is 2.92. The average molecular weight is 919 g/mol. The number of benzene rings is 1. The molecule has 5 amide bonds. The van der Waals surface area contributed by atoms with Gasteiger partial charge in [-0.25, -0.2) is 41.2 Å². The van der Waals surface area contributed by atoms with Crippen molar-refractivity contribution in [3.8, 4) is 11.3 Å². The standard InChI is InChI=1S/C43H40ClF5N12O4/c1-22-35(44)30(60-10-7-34(62)55-40(60)65)13-28(53-22)39(64)58-11-8-41(43(48,49)21-58)19-57(20-41)18-23-12-26(45)36(51-16-23)25-4-3-5-29-24(25)6-9-59(29)33-14-27(50-2)37-52-17-31(61(37)56-33)38(63)54-32-15-42(32,46)47/h3-5,12-14,16-17,32,50H,6-11,15,18-21H2,1-2H3,(H,54,63)(H,55,62,65)/t32-/m1/s1. The van der Waals surface area contributed by atoms with Crippen molar-refractivity contribution in [2.45, 2.75) is 57.0 Å². The third-order valence-electron chi connectivity index (χ3n) is 13.0. The SMILES string of the molecule is CNc1cc(N2CCc3c(-c4ncc(CN5CC6(CCN(C(=O)c7cc(N8CCC(=O)NC8=O)c(Cl)c(C)n7)CC6(F)F)C5)cc4F)cccc32)nn2c(C(=O)N[C@@H]3CC3(F)F)cnc12. The van der Waals surface area contributed by atoms with Gasteiger partial charge < -0.3 is 20.4 Å². The smallest absolute Gasteiger partial charge is 0.328 e. The predicted octanol–water partition coefficient (Wildman–Crippen LogP) is 5.59. The Bertz CT molecular complexity index is 2850. The fourth-order valence-corrected chi connectivity index (χ4v) is 9.55. The quantitative estimate of drug-likeness (QED) is 0.158. The molecule has 10 rings (SSSR count). The number of rotatable bonds is 9. The second-order valence-electron chi connectivity index (χ2n) is 17.2. The van der Waals surface area contributed by atoms with E-state index in [1.54, 1.807) is 30.1 Å². The van der Waals surface area contributed by atoms with Crippen molar-refractivity contribution in [1.29, 1.82) is 0 Å². The number of carbonyl (C=O) groups excluding carboxylic acids is 4. The molecule has 0 unspecified atom stereocenters. The van der Waals surface area contributed by atoms with E-state index in [0.717, 1.165) is 16.2 Å². The molecule has 338 valence electrons. The van der Waals surface area contributed by atoms with Gasteiger partial charge in [-0.3, -0.25) is 34.5 Å². The number of hydrogen-bond acceptors (Lipinski definition) is 11. The zero-order chi connectivity index (χ0) is 45.7. The van der Waals surface area contributed by atoms with E-state index in [4.69, 9.17) is 11.6 Å². The Morgan fingerprint density at radius 3 is 2.45 bits per heavy atom. The summed E-state index contributed by atoms with van der Waals surface area (Å²) < 4.78 is 76.5. The Balaban J connectivity index is 0.808. The summed E-state index contributed by atoms with van der Waals surface area (Å²) in [6.45, 7) is 1.43. The molecule has 4 aliphatic heterocycles. The number of hydrogen-bond donors (Lipinski definition) is 3. The van der Waals surface area contributed by atoms with Crippen LogP contribution in [0, 0.1) is 18.2 Å². The predicted molar refractivity (Wildman–Crippen MR) is 226 cm³/mol. The number of piperidine rings is 1. The van der Waals surface area contributed by atoms with Gasteiger partial charge in [-0.05, 0) is 49.1 Å². The molecule has 1 spiro atoms. The first-order chi connectivity index (χ1) is 31.0. The van der Waals surface area contributed by atoms with Crippen molar-refractivity contribution < 1.29 is 41.1 Å². The lowest BCUT2D eigenvalue weighted by Crippen LogP contribution is -2.70. The van der Waals surface area contributed by atoms with E-state index in [1.165, 1.54) is 40.9 Å². The summed E-state index contributed by atoms with van der Waals surface area (Å²) in [4.78, 5) is 69.8. The molecular formula is C43H40ClF5N12O4. The average Bonchev–Trinajstić information content (AvgIpc) is 3.55. The van der Waals surface area contributed by atoms with E-state index in [2.05, 4.69) is 36.0 Å². The first kappa shape index (κ1) is 42.5. The lowest BCUT2D eigenvalue weighted by atomic mass is 9.69. The molecule has 65 heavy (non-hydrogen) atoms. The maximum atomic E-state index is 16.0. The van der Waals surface area contributed by atoms with Crippen LogP contribution in [0.1, 0.15) is 57.1 Å². The first-order valence-electron chi connectivity index (χ1n) is 20.9. The summed E-state index contributed by atoms with van der Waals surface area (Å²) >= 11 is 6.43. The monoisotopic (exact) mass is 918 g/mol. The summed E-state index contributed by atoms with van der Waals surface area (Å²) in [5.74, 6) is -8.27. The largest absolute Gasteiger partial charge is 0.385 e. The van der Waals surface area contributed by atoms with Gasteiger partial charge in [0.15, 0.2) is 17.2 Å². The van der Waals surface area contributed by atoms with E-state index < -0.39 is 65.8 Å². The number of halogens is 6. The van der Waals surface area contributed by atoms with Crippen LogP contribution in [-0.4, -0.2) is 122 Å². The molecule has 22 heteroatoms. The van der Waals surface area contributed by atoms with Gasteiger partial charge in [0.25, 0.3) is 23.7 Å². The summed E-state index contributed by atoms with van der Waals surface area (Å²) in [6, 6.07) is 7.84. The van der Waals surface area contributed by atoms with Gasteiger partial charge in [0.2, 0.25) is 5.91 Å². The zero-order valence-corrected chi connectivity index (χ0v) is 35.7. The molecule has 0 bridgehead atoms. The fourth-order valence-electron chi connectivity index (χ4n) is 9.35.